The Morgan fingerprint density at radius 3 is 1.25 bits per heavy atom. The molecule has 0 fully saturated rings. The van der Waals surface area contributed by atoms with E-state index in [1.165, 1.54) is 14.2 Å². The molecular weight excluding hydrogens is 328 g/mol. The van der Waals surface area contributed by atoms with Gasteiger partial charge in [-0.2, -0.15) is 0 Å². The van der Waals surface area contributed by atoms with E-state index in [0.29, 0.717) is 0 Å². The van der Waals surface area contributed by atoms with Crippen LogP contribution in [-0.2, 0) is 38.1 Å². The van der Waals surface area contributed by atoms with Gasteiger partial charge in [-0.15, -0.1) is 0 Å². The van der Waals surface area contributed by atoms with E-state index < -0.39 is 47.9 Å². The number of carbonyl (C=O) groups excluding carboxylic acids is 2. The second kappa shape index (κ2) is 12.0. The topological polar surface area (TPSA) is 146 Å². The van der Waals surface area contributed by atoms with Crippen LogP contribution in [0.3, 0.4) is 0 Å². The second-order valence-corrected chi connectivity index (χ2v) is 4.35. The molecule has 0 bridgehead atoms. The third-order valence-corrected chi connectivity index (χ3v) is 2.62. The summed E-state index contributed by atoms with van der Waals surface area (Å²) in [5.41, 5.74) is -1.48. The summed E-state index contributed by atoms with van der Waals surface area (Å²) in [6.07, 6.45) is -1.60. The average Bonchev–Trinajstić information content (AvgIpc) is 2.50. The van der Waals surface area contributed by atoms with Crippen molar-refractivity contribution in [3.8, 4) is 0 Å². The predicted octanol–water partition coefficient (Wildman–Crippen LogP) is -0.388. The molecule has 0 atom stereocenters. The van der Waals surface area contributed by atoms with Gasteiger partial charge in [-0.05, 0) is 0 Å². The fourth-order valence-corrected chi connectivity index (χ4v) is 1.49. The maximum Gasteiger partial charge on any atom is 0.332 e. The third kappa shape index (κ3) is 8.86. The molecule has 0 aliphatic rings. The van der Waals surface area contributed by atoms with Crippen LogP contribution in [-0.4, -0.2) is 74.7 Å². The van der Waals surface area contributed by atoms with Gasteiger partial charge in [0.2, 0.25) is 0 Å². The van der Waals surface area contributed by atoms with Gasteiger partial charge in [-0.25, -0.2) is 9.59 Å². The Labute approximate surface area is 137 Å². The minimum absolute atomic E-state index is 0.107. The number of methoxy groups -OCH3 is 2. The van der Waals surface area contributed by atoms with Gasteiger partial charge in [-0.1, -0.05) is 0 Å². The summed E-state index contributed by atoms with van der Waals surface area (Å²) in [7, 11) is 2.77. The Morgan fingerprint density at radius 2 is 1.00 bits per heavy atom. The molecule has 0 aliphatic heterocycles. The van der Waals surface area contributed by atoms with Crippen molar-refractivity contribution in [3.05, 3.63) is 11.1 Å². The van der Waals surface area contributed by atoms with Gasteiger partial charge in [-0.3, -0.25) is 9.59 Å². The molecule has 0 aliphatic carbocycles. The summed E-state index contributed by atoms with van der Waals surface area (Å²) in [4.78, 5) is 45.6. The summed E-state index contributed by atoms with van der Waals surface area (Å²) in [5.74, 6) is -5.17. The van der Waals surface area contributed by atoms with Crippen molar-refractivity contribution >= 4 is 23.9 Å². The van der Waals surface area contributed by atoms with E-state index in [4.69, 9.17) is 19.7 Å². The van der Waals surface area contributed by atoms with Crippen LogP contribution in [0.5, 0.6) is 0 Å². The van der Waals surface area contributed by atoms with E-state index in [1.54, 1.807) is 0 Å². The fraction of sp³-hybridized carbons (Fsp3) is 0.571. The van der Waals surface area contributed by atoms with E-state index in [2.05, 4.69) is 9.47 Å². The molecule has 10 heteroatoms. The van der Waals surface area contributed by atoms with Crippen LogP contribution in [0, 0.1) is 0 Å². The third-order valence-electron chi connectivity index (χ3n) is 2.62. The number of carboxylic acid groups (broad SMARTS) is 2. The molecule has 0 radical (unpaired) electrons. The first-order chi connectivity index (χ1) is 11.3. The minimum atomic E-state index is -1.64. The van der Waals surface area contributed by atoms with E-state index in [0.717, 1.165) is 0 Å². The smallest absolute Gasteiger partial charge is 0.332 e. The Balaban J connectivity index is 5.08. The van der Waals surface area contributed by atoms with Crippen molar-refractivity contribution in [1.29, 1.82) is 0 Å². The lowest BCUT2D eigenvalue weighted by Crippen LogP contribution is -2.20. The van der Waals surface area contributed by atoms with Crippen LogP contribution in [0.4, 0.5) is 0 Å². The van der Waals surface area contributed by atoms with Crippen molar-refractivity contribution in [2.45, 2.75) is 12.8 Å². The van der Waals surface area contributed by atoms with Crippen LogP contribution in [0.2, 0.25) is 0 Å². The number of carboxylic acids is 2. The molecule has 0 aromatic rings. The van der Waals surface area contributed by atoms with Crippen LogP contribution in [0.15, 0.2) is 11.1 Å². The number of rotatable bonds is 12. The Bertz CT molecular complexity index is 450. The first-order valence-electron chi connectivity index (χ1n) is 6.81. The molecule has 136 valence electrons. The lowest BCUT2D eigenvalue weighted by molar-refractivity contribution is -0.147. The van der Waals surface area contributed by atoms with E-state index in [9.17, 15) is 19.2 Å². The highest BCUT2D eigenvalue weighted by Crippen LogP contribution is 2.16. The maximum absolute atomic E-state index is 11.6. The second-order valence-electron chi connectivity index (χ2n) is 4.35. The van der Waals surface area contributed by atoms with Crippen LogP contribution in [0.25, 0.3) is 0 Å². The van der Waals surface area contributed by atoms with Gasteiger partial charge in [0, 0.05) is 14.2 Å². The summed E-state index contributed by atoms with van der Waals surface area (Å²) < 4.78 is 18.7. The van der Waals surface area contributed by atoms with Crippen molar-refractivity contribution in [2.75, 3.05) is 40.6 Å². The highest BCUT2D eigenvalue weighted by atomic mass is 16.6. The highest BCUT2D eigenvalue weighted by molar-refractivity contribution is 6.04. The van der Waals surface area contributed by atoms with Gasteiger partial charge >= 0.3 is 23.9 Å². The summed E-state index contributed by atoms with van der Waals surface area (Å²) in [6.45, 7) is -0.00165. The maximum atomic E-state index is 11.6. The molecule has 0 aromatic heterocycles. The number of carbonyl (C=O) groups is 4. The molecule has 10 nitrogen and oxygen atoms in total. The van der Waals surface area contributed by atoms with Gasteiger partial charge in [0.25, 0.3) is 0 Å². The van der Waals surface area contributed by atoms with Crippen LogP contribution in [0.1, 0.15) is 12.8 Å². The minimum Gasteiger partial charge on any atom is -0.478 e. The molecule has 0 saturated heterocycles. The van der Waals surface area contributed by atoms with Gasteiger partial charge in [0.05, 0.1) is 37.2 Å². The molecule has 0 aromatic carbocycles. The summed E-state index contributed by atoms with van der Waals surface area (Å²) in [6, 6.07) is 0. The zero-order chi connectivity index (χ0) is 18.5. The van der Waals surface area contributed by atoms with E-state index in [1.807, 2.05) is 0 Å². The lowest BCUT2D eigenvalue weighted by atomic mass is 10.0. The number of hydrogen-bond acceptors (Lipinski definition) is 8. The van der Waals surface area contributed by atoms with Crippen LogP contribution < -0.4 is 0 Å². The summed E-state index contributed by atoms with van der Waals surface area (Å²) in [5, 5.41) is 18.2. The number of esters is 2. The Kier molecular flexibility index (Phi) is 10.8. The van der Waals surface area contributed by atoms with E-state index >= 15 is 0 Å². The first-order valence-corrected chi connectivity index (χ1v) is 6.81. The van der Waals surface area contributed by atoms with Crippen molar-refractivity contribution in [1.82, 2.24) is 0 Å². The standard InChI is InChI=1S/C14H20O10/c1-21-3-5-23-11(15)7-9(13(17)18)10(14(19)20)8-12(16)24-6-4-22-2/h3-8H2,1-2H3,(H,17,18)(H,19,20)/b10-9+. The fourth-order valence-electron chi connectivity index (χ4n) is 1.49. The average molecular weight is 348 g/mol. The van der Waals surface area contributed by atoms with Crippen molar-refractivity contribution in [2.24, 2.45) is 0 Å². The van der Waals surface area contributed by atoms with Crippen molar-refractivity contribution < 1.29 is 48.3 Å². The predicted molar refractivity (Wildman–Crippen MR) is 77.2 cm³/mol. The lowest BCUT2D eigenvalue weighted by Gasteiger charge is -2.09. The molecule has 0 spiro atoms. The van der Waals surface area contributed by atoms with Crippen LogP contribution >= 0.6 is 0 Å². The quantitative estimate of drug-likeness (QED) is 0.271. The number of aliphatic carboxylic acids is 2. The van der Waals surface area contributed by atoms with Gasteiger partial charge < -0.3 is 29.2 Å². The molecule has 0 amide bonds. The van der Waals surface area contributed by atoms with Crippen molar-refractivity contribution in [3.63, 3.8) is 0 Å². The normalized spacial score (nSPS) is 11.4. The summed E-state index contributed by atoms with van der Waals surface area (Å²) >= 11 is 0. The van der Waals surface area contributed by atoms with Gasteiger partial charge in [0.15, 0.2) is 0 Å². The van der Waals surface area contributed by atoms with E-state index in [-0.39, 0.29) is 26.4 Å². The molecule has 24 heavy (non-hydrogen) atoms. The molecular formula is C14H20O10. The zero-order valence-corrected chi connectivity index (χ0v) is 13.4. The Morgan fingerprint density at radius 1 is 0.667 bits per heavy atom. The number of ether oxygens (including phenoxy) is 4. The van der Waals surface area contributed by atoms with Gasteiger partial charge in [0.1, 0.15) is 13.2 Å². The zero-order valence-electron chi connectivity index (χ0n) is 13.4. The molecule has 0 saturated carbocycles. The Hall–Kier alpha value is -2.46. The SMILES string of the molecule is COCCOC(=O)C/C(C(=O)O)=C(/CC(=O)OCCOC)C(=O)O. The largest absolute Gasteiger partial charge is 0.478 e. The first kappa shape index (κ1) is 21.5. The highest BCUT2D eigenvalue weighted by Gasteiger charge is 2.25. The molecule has 2 N–H and O–H groups in total. The molecule has 0 unspecified atom stereocenters. The molecule has 0 heterocycles. The number of hydrogen-bond donors (Lipinski definition) is 2. The monoisotopic (exact) mass is 348 g/mol. The molecule has 0 rings (SSSR count).